The van der Waals surface area contributed by atoms with E-state index in [1.165, 1.54) is 12.1 Å². The van der Waals surface area contributed by atoms with Crippen LogP contribution < -0.4 is 11.1 Å². The molecule has 0 aromatic heterocycles. The highest BCUT2D eigenvalue weighted by atomic mass is 16.3. The molecular formula is C23H25N3O7. The predicted molar refractivity (Wildman–Crippen MR) is 117 cm³/mol. The Labute approximate surface area is 189 Å². The van der Waals surface area contributed by atoms with Crippen molar-refractivity contribution in [3.8, 4) is 5.75 Å². The van der Waals surface area contributed by atoms with Crippen LogP contribution in [0.1, 0.15) is 28.8 Å². The summed E-state index contributed by atoms with van der Waals surface area (Å²) < 4.78 is 0. The van der Waals surface area contributed by atoms with Gasteiger partial charge in [0.1, 0.15) is 22.8 Å². The molecule has 1 unspecified atom stereocenters. The van der Waals surface area contributed by atoms with Crippen LogP contribution in [0.2, 0.25) is 0 Å². The third-order valence-corrected chi connectivity index (χ3v) is 6.50. The second-order valence-corrected chi connectivity index (χ2v) is 9.03. The molecule has 174 valence electrons. The topological polar surface area (TPSA) is 170 Å². The standard InChI is InChI=1S/C23H25N3O7/c1-26(2)8-15(29)25-12-3-4-13(27)18-11(12)6-9-5-10-7-14(28)19(23(24)33)22(32)17(10)20(30)16(9)21(18)31/h3-4,9-10,17,27-28,30H,5-8H2,1-2H3,(H2,24,33)(H,25,29)/t9-,10+,17?/m1/s1. The Balaban J connectivity index is 1.77. The van der Waals surface area contributed by atoms with Crippen LogP contribution in [-0.2, 0) is 20.8 Å². The molecule has 0 spiro atoms. The molecule has 0 saturated heterocycles. The van der Waals surface area contributed by atoms with Gasteiger partial charge in [0.15, 0.2) is 11.6 Å². The van der Waals surface area contributed by atoms with Gasteiger partial charge in [-0.3, -0.25) is 19.2 Å². The predicted octanol–water partition coefficient (Wildman–Crippen LogP) is 0.966. The molecule has 0 fully saturated rings. The van der Waals surface area contributed by atoms with E-state index in [1.807, 2.05) is 0 Å². The van der Waals surface area contributed by atoms with E-state index in [1.54, 1.807) is 19.0 Å². The number of primary amides is 1. The van der Waals surface area contributed by atoms with E-state index in [2.05, 4.69) is 5.32 Å². The van der Waals surface area contributed by atoms with Gasteiger partial charge in [0, 0.05) is 17.7 Å². The average molecular weight is 455 g/mol. The number of carbonyl (C=O) groups excluding carboxylic acids is 4. The van der Waals surface area contributed by atoms with E-state index >= 15 is 0 Å². The molecule has 1 aromatic rings. The number of fused-ring (bicyclic) bond motifs is 3. The zero-order valence-electron chi connectivity index (χ0n) is 18.2. The molecule has 0 aliphatic heterocycles. The average Bonchev–Trinajstić information content (AvgIpc) is 2.68. The van der Waals surface area contributed by atoms with Gasteiger partial charge in [0.05, 0.1) is 18.0 Å². The maximum atomic E-state index is 13.4. The van der Waals surface area contributed by atoms with Gasteiger partial charge in [-0.25, -0.2) is 0 Å². The minimum atomic E-state index is -1.16. The largest absolute Gasteiger partial charge is 0.511 e. The Morgan fingerprint density at radius 1 is 1.15 bits per heavy atom. The summed E-state index contributed by atoms with van der Waals surface area (Å²) in [4.78, 5) is 51.9. The number of hydrogen-bond donors (Lipinski definition) is 5. The van der Waals surface area contributed by atoms with E-state index in [0.717, 1.165) is 0 Å². The van der Waals surface area contributed by atoms with Crippen molar-refractivity contribution in [1.29, 1.82) is 0 Å². The Kier molecular flexibility index (Phi) is 5.49. The SMILES string of the molecule is CN(C)CC(=O)Nc1ccc(O)c2c1C[C@H]1C[C@H]3CC(O)=C(C(N)=O)C(=O)C3C(O)=C1C2=O. The number of likely N-dealkylation sites (N-methyl/N-ethyl adjacent to an activating group) is 1. The lowest BCUT2D eigenvalue weighted by Crippen LogP contribution is -2.43. The number of nitrogens with two attached hydrogens (primary N) is 1. The number of aliphatic hydroxyl groups excluding tert-OH is 2. The first-order valence-electron chi connectivity index (χ1n) is 10.5. The van der Waals surface area contributed by atoms with Crippen molar-refractivity contribution in [2.75, 3.05) is 26.0 Å². The van der Waals surface area contributed by atoms with Crippen molar-refractivity contribution in [1.82, 2.24) is 4.90 Å². The number of rotatable bonds is 4. The summed E-state index contributed by atoms with van der Waals surface area (Å²) in [5.41, 5.74) is 5.49. The van der Waals surface area contributed by atoms with Crippen LogP contribution in [0.3, 0.4) is 0 Å². The third kappa shape index (κ3) is 3.66. The Morgan fingerprint density at radius 3 is 2.48 bits per heavy atom. The molecule has 10 heteroatoms. The molecule has 3 atom stereocenters. The van der Waals surface area contributed by atoms with E-state index in [9.17, 15) is 34.5 Å². The van der Waals surface area contributed by atoms with Crippen molar-refractivity contribution < 1.29 is 34.5 Å². The number of aromatic hydroxyl groups is 1. The minimum Gasteiger partial charge on any atom is -0.511 e. The van der Waals surface area contributed by atoms with Gasteiger partial charge in [-0.15, -0.1) is 0 Å². The van der Waals surface area contributed by atoms with E-state index in [0.29, 0.717) is 11.3 Å². The van der Waals surface area contributed by atoms with Crippen LogP contribution in [-0.4, -0.2) is 64.2 Å². The van der Waals surface area contributed by atoms with Crippen LogP contribution >= 0.6 is 0 Å². The molecule has 6 N–H and O–H groups in total. The van der Waals surface area contributed by atoms with E-state index in [4.69, 9.17) is 5.73 Å². The van der Waals surface area contributed by atoms with Crippen LogP contribution in [0, 0.1) is 17.8 Å². The number of hydrogen-bond acceptors (Lipinski definition) is 8. The number of amides is 2. The van der Waals surface area contributed by atoms with Gasteiger partial charge in [0.25, 0.3) is 5.91 Å². The first-order valence-corrected chi connectivity index (χ1v) is 10.5. The zero-order valence-corrected chi connectivity index (χ0v) is 18.2. The van der Waals surface area contributed by atoms with E-state index in [-0.39, 0.29) is 48.6 Å². The summed E-state index contributed by atoms with van der Waals surface area (Å²) in [6.07, 6.45) is 0.491. The number of carbonyl (C=O) groups is 4. The smallest absolute Gasteiger partial charge is 0.255 e. The quantitative estimate of drug-likeness (QED) is 0.330. The van der Waals surface area contributed by atoms with Gasteiger partial charge in [-0.2, -0.15) is 0 Å². The fourth-order valence-electron chi connectivity index (χ4n) is 5.23. The number of phenols is 1. The maximum Gasteiger partial charge on any atom is 0.255 e. The number of aliphatic hydroxyl groups is 2. The number of ketones is 2. The second kappa shape index (κ2) is 8.04. The van der Waals surface area contributed by atoms with Gasteiger partial charge in [-0.05, 0) is 56.5 Å². The summed E-state index contributed by atoms with van der Waals surface area (Å²) in [6, 6.07) is 2.82. The number of phenolic OH excluding ortho intramolecular Hbond substituents is 1. The highest BCUT2D eigenvalue weighted by Crippen LogP contribution is 2.50. The number of allylic oxidation sites excluding steroid dienone is 3. The fraction of sp³-hybridized carbons (Fsp3) is 0.391. The third-order valence-electron chi connectivity index (χ3n) is 6.50. The van der Waals surface area contributed by atoms with Gasteiger partial charge in [-0.1, -0.05) is 0 Å². The summed E-state index contributed by atoms with van der Waals surface area (Å²) >= 11 is 0. The molecular weight excluding hydrogens is 430 g/mol. The summed E-state index contributed by atoms with van der Waals surface area (Å²) in [5.74, 6) is -6.17. The molecule has 0 bridgehead atoms. The van der Waals surface area contributed by atoms with E-state index < -0.39 is 52.3 Å². The maximum absolute atomic E-state index is 13.4. The Bertz CT molecular complexity index is 1160. The summed E-state index contributed by atoms with van der Waals surface area (Å²) in [6.45, 7) is 0.124. The highest BCUT2D eigenvalue weighted by molar-refractivity contribution is 6.22. The molecule has 33 heavy (non-hydrogen) atoms. The molecule has 0 saturated carbocycles. The molecule has 4 rings (SSSR count). The molecule has 1 aromatic carbocycles. The van der Waals surface area contributed by atoms with Gasteiger partial charge in [0.2, 0.25) is 5.91 Å². The molecule has 0 radical (unpaired) electrons. The van der Waals surface area contributed by atoms with Crippen LogP contribution in [0.25, 0.3) is 0 Å². The molecule has 10 nitrogen and oxygen atoms in total. The number of anilines is 1. The van der Waals surface area contributed by atoms with Crippen molar-refractivity contribution >= 4 is 29.1 Å². The van der Waals surface area contributed by atoms with Crippen molar-refractivity contribution in [3.63, 3.8) is 0 Å². The monoisotopic (exact) mass is 455 g/mol. The van der Waals surface area contributed by atoms with Gasteiger partial charge < -0.3 is 31.3 Å². The lowest BCUT2D eigenvalue weighted by atomic mass is 9.62. The van der Waals surface area contributed by atoms with Crippen LogP contribution in [0.4, 0.5) is 5.69 Å². The molecule has 2 amide bonds. The minimum absolute atomic E-state index is 0.00868. The first-order chi connectivity index (χ1) is 15.5. The van der Waals surface area contributed by atoms with Crippen LogP contribution in [0.15, 0.2) is 34.8 Å². The summed E-state index contributed by atoms with van der Waals surface area (Å²) in [5, 5.41) is 34.4. The number of Topliss-reactive ketones (excluding diaryl/α,β-unsaturated/α-hetero) is 2. The second-order valence-electron chi connectivity index (χ2n) is 9.03. The van der Waals surface area contributed by atoms with Crippen molar-refractivity contribution in [3.05, 3.63) is 45.9 Å². The van der Waals surface area contributed by atoms with Gasteiger partial charge >= 0.3 is 0 Å². The molecule has 3 aliphatic carbocycles. The van der Waals surface area contributed by atoms with Crippen molar-refractivity contribution in [2.45, 2.75) is 19.3 Å². The first kappa shape index (κ1) is 22.5. The zero-order chi connectivity index (χ0) is 24.2. The number of benzene rings is 1. The number of nitrogens with one attached hydrogen (secondary N) is 1. The lowest BCUT2D eigenvalue weighted by molar-refractivity contribution is -0.126. The lowest BCUT2D eigenvalue weighted by Gasteiger charge is -2.41. The normalized spacial score (nSPS) is 24.4. The fourth-order valence-corrected chi connectivity index (χ4v) is 5.23. The molecule has 0 heterocycles. The molecule has 3 aliphatic rings. The Hall–Kier alpha value is -3.66. The van der Waals surface area contributed by atoms with Crippen molar-refractivity contribution in [2.24, 2.45) is 23.5 Å². The Morgan fingerprint density at radius 2 is 1.85 bits per heavy atom. The highest BCUT2D eigenvalue weighted by Gasteiger charge is 2.50. The van der Waals surface area contributed by atoms with Crippen LogP contribution in [0.5, 0.6) is 5.75 Å². The number of nitrogens with zero attached hydrogens (tertiary/aromatic N) is 1. The summed E-state index contributed by atoms with van der Waals surface area (Å²) in [7, 11) is 3.49.